The van der Waals surface area contributed by atoms with E-state index in [2.05, 4.69) is 5.32 Å². The Hall–Kier alpha value is -2.02. The van der Waals surface area contributed by atoms with Crippen molar-refractivity contribution in [2.24, 2.45) is 0 Å². The second-order valence-corrected chi connectivity index (χ2v) is 3.90. The molecule has 1 amide bonds. The molecule has 0 bridgehead atoms. The van der Waals surface area contributed by atoms with Crippen molar-refractivity contribution < 1.29 is 28.6 Å². The van der Waals surface area contributed by atoms with Crippen molar-refractivity contribution in [3.05, 3.63) is 35.4 Å². The smallest absolute Gasteiger partial charge is 0.326 e. The van der Waals surface area contributed by atoms with Crippen LogP contribution in [0.1, 0.15) is 12.0 Å². The number of aliphatic hydroxyl groups excluding tert-OH is 1. The van der Waals surface area contributed by atoms with Crippen molar-refractivity contribution in [3.63, 3.8) is 0 Å². The van der Waals surface area contributed by atoms with Crippen LogP contribution in [0.4, 0.5) is 8.78 Å². The molecule has 0 aromatic heterocycles. The molecule has 1 aromatic carbocycles. The average molecular weight is 273 g/mol. The second kappa shape index (κ2) is 6.79. The molecule has 1 rings (SSSR count). The van der Waals surface area contributed by atoms with Gasteiger partial charge in [-0.25, -0.2) is 13.6 Å². The van der Waals surface area contributed by atoms with E-state index in [9.17, 15) is 18.4 Å². The third-order valence-corrected chi connectivity index (χ3v) is 2.40. The van der Waals surface area contributed by atoms with Gasteiger partial charge in [0, 0.05) is 13.0 Å². The Labute approximate surface area is 107 Å². The number of rotatable bonds is 6. The molecule has 0 heterocycles. The number of carbonyl (C=O) groups excluding carboxylic acids is 1. The maximum atomic E-state index is 12.9. The molecule has 0 fully saturated rings. The van der Waals surface area contributed by atoms with Gasteiger partial charge >= 0.3 is 5.97 Å². The van der Waals surface area contributed by atoms with Gasteiger partial charge in [0.25, 0.3) is 0 Å². The van der Waals surface area contributed by atoms with E-state index >= 15 is 0 Å². The van der Waals surface area contributed by atoms with E-state index in [0.29, 0.717) is 0 Å². The molecule has 0 spiro atoms. The summed E-state index contributed by atoms with van der Waals surface area (Å²) in [5.41, 5.74) is 0.226. The topological polar surface area (TPSA) is 86.6 Å². The minimum atomic E-state index is -1.27. The monoisotopic (exact) mass is 273 g/mol. The quantitative estimate of drug-likeness (QED) is 0.702. The van der Waals surface area contributed by atoms with E-state index in [4.69, 9.17) is 10.2 Å². The molecule has 0 saturated carbocycles. The number of carbonyl (C=O) groups is 2. The van der Waals surface area contributed by atoms with Gasteiger partial charge in [0.2, 0.25) is 5.91 Å². The molecule has 7 heteroatoms. The molecule has 1 aromatic rings. The average Bonchev–Trinajstić information content (AvgIpc) is 2.33. The van der Waals surface area contributed by atoms with Crippen LogP contribution in [0, 0.1) is 11.6 Å². The van der Waals surface area contributed by atoms with Gasteiger partial charge in [-0.15, -0.1) is 0 Å². The van der Waals surface area contributed by atoms with Gasteiger partial charge < -0.3 is 15.5 Å². The lowest BCUT2D eigenvalue weighted by Gasteiger charge is -2.13. The highest BCUT2D eigenvalue weighted by Crippen LogP contribution is 2.09. The van der Waals surface area contributed by atoms with E-state index in [0.717, 1.165) is 12.1 Å². The fraction of sp³-hybridized carbons (Fsp3) is 0.333. The normalized spacial score (nSPS) is 11.9. The highest BCUT2D eigenvalue weighted by molar-refractivity contribution is 5.84. The Bertz CT molecular complexity index is 479. The highest BCUT2D eigenvalue weighted by atomic mass is 19.2. The first-order chi connectivity index (χ1) is 8.93. The summed E-state index contributed by atoms with van der Waals surface area (Å²) in [6.45, 7) is -0.386. The molecular weight excluding hydrogens is 260 g/mol. The van der Waals surface area contributed by atoms with Crippen molar-refractivity contribution in [2.75, 3.05) is 6.61 Å². The molecule has 1 unspecified atom stereocenters. The first kappa shape index (κ1) is 15.0. The minimum absolute atomic E-state index is 0.126. The Balaban J connectivity index is 2.63. The van der Waals surface area contributed by atoms with E-state index < -0.39 is 29.6 Å². The first-order valence-electron chi connectivity index (χ1n) is 5.51. The largest absolute Gasteiger partial charge is 0.480 e. The number of carboxylic acids is 1. The third kappa shape index (κ3) is 4.63. The number of hydrogen-bond acceptors (Lipinski definition) is 3. The molecule has 0 aliphatic heterocycles. The number of amides is 1. The van der Waals surface area contributed by atoms with Gasteiger partial charge in [-0.1, -0.05) is 6.07 Å². The highest BCUT2D eigenvalue weighted by Gasteiger charge is 2.19. The van der Waals surface area contributed by atoms with Crippen LogP contribution < -0.4 is 5.32 Å². The molecule has 3 N–H and O–H groups in total. The Morgan fingerprint density at radius 2 is 1.95 bits per heavy atom. The van der Waals surface area contributed by atoms with E-state index in [1.54, 1.807) is 0 Å². The van der Waals surface area contributed by atoms with Crippen molar-refractivity contribution in [1.82, 2.24) is 5.32 Å². The number of aliphatic hydroxyl groups is 1. The van der Waals surface area contributed by atoms with Crippen LogP contribution in [0.25, 0.3) is 0 Å². The van der Waals surface area contributed by atoms with Crippen LogP contribution in [0.3, 0.4) is 0 Å². The zero-order valence-corrected chi connectivity index (χ0v) is 9.90. The van der Waals surface area contributed by atoms with Gasteiger partial charge in [-0.05, 0) is 17.7 Å². The maximum Gasteiger partial charge on any atom is 0.326 e. The lowest BCUT2D eigenvalue weighted by atomic mass is 10.1. The number of benzene rings is 1. The van der Waals surface area contributed by atoms with Gasteiger partial charge in [0.1, 0.15) is 6.04 Å². The lowest BCUT2D eigenvalue weighted by molar-refractivity contribution is -0.142. The van der Waals surface area contributed by atoms with Crippen LogP contribution in [-0.2, 0) is 16.0 Å². The van der Waals surface area contributed by atoms with Crippen LogP contribution in [0.2, 0.25) is 0 Å². The minimum Gasteiger partial charge on any atom is -0.480 e. The predicted molar refractivity (Wildman–Crippen MR) is 61.3 cm³/mol. The summed E-state index contributed by atoms with van der Waals surface area (Å²) in [5.74, 6) is -4.01. The maximum absolute atomic E-state index is 12.9. The molecule has 1 atom stereocenters. The second-order valence-electron chi connectivity index (χ2n) is 3.90. The SMILES string of the molecule is O=C(Cc1ccc(F)c(F)c1)NC(CCO)C(=O)O. The Morgan fingerprint density at radius 1 is 1.26 bits per heavy atom. The van der Waals surface area contributed by atoms with Crippen molar-refractivity contribution >= 4 is 11.9 Å². The summed E-state index contributed by atoms with van der Waals surface area (Å²) < 4.78 is 25.6. The summed E-state index contributed by atoms with van der Waals surface area (Å²) in [6.07, 6.45) is -0.398. The molecule has 0 saturated heterocycles. The third-order valence-electron chi connectivity index (χ3n) is 2.40. The Morgan fingerprint density at radius 3 is 2.47 bits per heavy atom. The van der Waals surface area contributed by atoms with Gasteiger partial charge in [-0.2, -0.15) is 0 Å². The first-order valence-corrected chi connectivity index (χ1v) is 5.51. The molecular formula is C12H13F2NO4. The summed E-state index contributed by atoms with van der Waals surface area (Å²) in [4.78, 5) is 22.3. The van der Waals surface area contributed by atoms with Crippen LogP contribution in [0.15, 0.2) is 18.2 Å². The Kier molecular flexibility index (Phi) is 5.37. The molecule has 0 aliphatic carbocycles. The van der Waals surface area contributed by atoms with Crippen molar-refractivity contribution in [1.29, 1.82) is 0 Å². The standard InChI is InChI=1S/C12H13F2NO4/c13-8-2-1-7(5-9(8)14)6-11(17)15-10(3-4-16)12(18)19/h1-2,5,10,16H,3-4,6H2,(H,15,17)(H,18,19). The zero-order valence-electron chi connectivity index (χ0n) is 9.90. The lowest BCUT2D eigenvalue weighted by Crippen LogP contribution is -2.42. The van der Waals surface area contributed by atoms with Crippen LogP contribution in [0.5, 0.6) is 0 Å². The van der Waals surface area contributed by atoms with Gasteiger partial charge in [-0.3, -0.25) is 4.79 Å². The fourth-order valence-corrected chi connectivity index (χ4v) is 1.47. The predicted octanol–water partition coefficient (Wildman–Crippen LogP) is 0.459. The number of aliphatic carboxylic acids is 1. The zero-order chi connectivity index (χ0) is 14.4. The fourth-order valence-electron chi connectivity index (χ4n) is 1.47. The van der Waals surface area contributed by atoms with E-state index in [1.807, 2.05) is 0 Å². The number of carboxylic acid groups (broad SMARTS) is 1. The summed E-state index contributed by atoms with van der Waals surface area (Å²) in [6, 6.07) is 1.79. The molecule has 104 valence electrons. The summed E-state index contributed by atoms with van der Waals surface area (Å²) >= 11 is 0. The van der Waals surface area contributed by atoms with Crippen molar-refractivity contribution in [2.45, 2.75) is 18.9 Å². The molecule has 5 nitrogen and oxygen atoms in total. The molecule has 0 radical (unpaired) electrons. The molecule has 19 heavy (non-hydrogen) atoms. The van der Waals surface area contributed by atoms with Crippen molar-refractivity contribution in [3.8, 4) is 0 Å². The number of nitrogens with one attached hydrogen (secondary N) is 1. The van der Waals surface area contributed by atoms with Gasteiger partial charge in [0.05, 0.1) is 6.42 Å². The van der Waals surface area contributed by atoms with E-state index in [1.165, 1.54) is 6.07 Å². The summed E-state index contributed by atoms with van der Waals surface area (Å²) in [7, 11) is 0. The van der Waals surface area contributed by atoms with Crippen LogP contribution >= 0.6 is 0 Å². The number of hydrogen-bond donors (Lipinski definition) is 3. The number of halogens is 2. The molecule has 0 aliphatic rings. The van der Waals surface area contributed by atoms with Crippen LogP contribution in [-0.4, -0.2) is 34.7 Å². The summed E-state index contributed by atoms with van der Waals surface area (Å²) in [5, 5.41) is 19.6. The van der Waals surface area contributed by atoms with Gasteiger partial charge in [0.15, 0.2) is 11.6 Å². The van der Waals surface area contributed by atoms with E-state index in [-0.39, 0.29) is 25.0 Å².